The molecule has 2 N–H and O–H groups in total. The fourth-order valence-corrected chi connectivity index (χ4v) is 3.01. The Morgan fingerprint density at radius 1 is 1.20 bits per heavy atom. The van der Waals surface area contributed by atoms with Crippen molar-refractivity contribution in [2.24, 2.45) is 5.10 Å². The molecule has 0 spiro atoms. The van der Waals surface area contributed by atoms with Crippen molar-refractivity contribution < 1.29 is 18.4 Å². The van der Waals surface area contributed by atoms with Crippen molar-refractivity contribution in [3.63, 3.8) is 0 Å². The SMILES string of the molecule is C/C(=N\NS(=O)(=O)c1ccc(C)c([N+](=O)[O-])c1)c1cc(C)ccc1O. The van der Waals surface area contributed by atoms with E-state index in [1.165, 1.54) is 32.0 Å². The van der Waals surface area contributed by atoms with Gasteiger partial charge in [-0.1, -0.05) is 17.7 Å². The lowest BCUT2D eigenvalue weighted by atomic mass is 10.1. The summed E-state index contributed by atoms with van der Waals surface area (Å²) in [7, 11) is -4.08. The molecule has 2 aromatic rings. The predicted molar refractivity (Wildman–Crippen MR) is 93.2 cm³/mol. The maximum absolute atomic E-state index is 12.3. The average molecular weight is 363 g/mol. The first-order valence-corrected chi connectivity index (χ1v) is 8.71. The first-order valence-electron chi connectivity index (χ1n) is 7.23. The molecule has 0 atom stereocenters. The van der Waals surface area contributed by atoms with E-state index in [1.807, 2.05) is 11.8 Å². The molecule has 0 unspecified atom stereocenters. The molecule has 0 fully saturated rings. The molecule has 0 bridgehead atoms. The summed E-state index contributed by atoms with van der Waals surface area (Å²) >= 11 is 0. The number of aromatic hydroxyl groups is 1. The van der Waals surface area contributed by atoms with Crippen LogP contribution in [0.25, 0.3) is 0 Å². The van der Waals surface area contributed by atoms with Crippen molar-refractivity contribution in [1.29, 1.82) is 0 Å². The molecule has 0 amide bonds. The van der Waals surface area contributed by atoms with Crippen LogP contribution in [0.3, 0.4) is 0 Å². The molecule has 9 heteroatoms. The third-order valence-corrected chi connectivity index (χ3v) is 4.77. The van der Waals surface area contributed by atoms with Gasteiger partial charge in [-0.05, 0) is 39.0 Å². The Hall–Kier alpha value is -2.94. The summed E-state index contributed by atoms with van der Waals surface area (Å²) in [5, 5.41) is 24.6. The molecule has 25 heavy (non-hydrogen) atoms. The predicted octanol–water partition coefficient (Wildman–Crippen LogP) is 2.62. The van der Waals surface area contributed by atoms with Gasteiger partial charge in [0.2, 0.25) is 0 Å². The Balaban J connectivity index is 2.34. The summed E-state index contributed by atoms with van der Waals surface area (Å²) < 4.78 is 24.6. The monoisotopic (exact) mass is 363 g/mol. The van der Waals surface area contributed by atoms with E-state index in [1.54, 1.807) is 12.1 Å². The maximum Gasteiger partial charge on any atom is 0.276 e. The minimum Gasteiger partial charge on any atom is -0.507 e. The molecule has 0 aliphatic rings. The zero-order chi connectivity index (χ0) is 18.8. The van der Waals surface area contributed by atoms with Crippen LogP contribution in [0, 0.1) is 24.0 Å². The van der Waals surface area contributed by atoms with Gasteiger partial charge in [-0.25, -0.2) is 0 Å². The van der Waals surface area contributed by atoms with Crippen LogP contribution in [0.15, 0.2) is 46.4 Å². The first-order chi connectivity index (χ1) is 11.6. The fourth-order valence-electron chi connectivity index (χ4n) is 2.13. The molecular formula is C16H17N3O5S. The highest BCUT2D eigenvalue weighted by Gasteiger charge is 2.19. The van der Waals surface area contributed by atoms with Crippen LogP contribution >= 0.6 is 0 Å². The first kappa shape index (κ1) is 18.4. The van der Waals surface area contributed by atoms with Crippen molar-refractivity contribution in [2.75, 3.05) is 0 Å². The number of nitro groups is 1. The Labute approximate surface area is 145 Å². The van der Waals surface area contributed by atoms with Crippen LogP contribution in [0.1, 0.15) is 23.6 Å². The number of nitrogens with zero attached hydrogens (tertiary/aromatic N) is 2. The lowest BCUT2D eigenvalue weighted by molar-refractivity contribution is -0.385. The Bertz CT molecular complexity index is 968. The van der Waals surface area contributed by atoms with Crippen LogP contribution in [0.4, 0.5) is 5.69 Å². The van der Waals surface area contributed by atoms with Gasteiger partial charge in [-0.15, -0.1) is 0 Å². The summed E-state index contributed by atoms with van der Waals surface area (Å²) in [5.74, 6) is -0.0305. The maximum atomic E-state index is 12.3. The summed E-state index contributed by atoms with van der Waals surface area (Å²) in [4.78, 5) is 12.1. The van der Waals surface area contributed by atoms with Gasteiger partial charge in [0.25, 0.3) is 15.7 Å². The highest BCUT2D eigenvalue weighted by atomic mass is 32.2. The summed E-state index contributed by atoms with van der Waals surface area (Å²) in [6.45, 7) is 4.88. The zero-order valence-corrected chi connectivity index (χ0v) is 14.7. The minimum absolute atomic E-state index is 0.0305. The van der Waals surface area contributed by atoms with Crippen LogP contribution in [-0.4, -0.2) is 24.2 Å². The minimum atomic E-state index is -4.08. The van der Waals surface area contributed by atoms with Gasteiger partial charge >= 0.3 is 0 Å². The number of rotatable bonds is 5. The Kier molecular flexibility index (Phi) is 5.07. The van der Waals surface area contributed by atoms with E-state index in [2.05, 4.69) is 5.10 Å². The standard InChI is InChI=1S/C16H17N3O5S/c1-10-4-7-16(20)14(8-10)12(3)17-18-25(23,24)13-6-5-11(2)15(9-13)19(21)22/h4-9,18,20H,1-3H3/b17-12+. The molecule has 8 nitrogen and oxygen atoms in total. The van der Waals surface area contributed by atoms with E-state index < -0.39 is 14.9 Å². The van der Waals surface area contributed by atoms with E-state index in [-0.39, 0.29) is 22.0 Å². The number of nitrogens with one attached hydrogen (secondary N) is 1. The number of aryl methyl sites for hydroxylation is 2. The van der Waals surface area contributed by atoms with Crippen molar-refractivity contribution in [3.8, 4) is 5.75 Å². The quantitative estimate of drug-likeness (QED) is 0.480. The lowest BCUT2D eigenvalue weighted by Gasteiger charge is -2.08. The number of sulfonamides is 1. The smallest absolute Gasteiger partial charge is 0.276 e. The van der Waals surface area contributed by atoms with Crippen LogP contribution in [0.2, 0.25) is 0 Å². The van der Waals surface area contributed by atoms with Crippen molar-refractivity contribution in [1.82, 2.24) is 4.83 Å². The average Bonchev–Trinajstić information content (AvgIpc) is 2.55. The molecule has 0 heterocycles. The highest BCUT2D eigenvalue weighted by Crippen LogP contribution is 2.22. The largest absolute Gasteiger partial charge is 0.507 e. The molecule has 0 aliphatic carbocycles. The molecule has 0 aliphatic heterocycles. The van der Waals surface area contributed by atoms with E-state index in [9.17, 15) is 23.6 Å². The zero-order valence-electron chi connectivity index (χ0n) is 13.8. The lowest BCUT2D eigenvalue weighted by Crippen LogP contribution is -2.20. The second-order valence-corrected chi connectivity index (χ2v) is 7.18. The van der Waals surface area contributed by atoms with Gasteiger partial charge in [0, 0.05) is 17.2 Å². The van der Waals surface area contributed by atoms with E-state index in [4.69, 9.17) is 0 Å². The van der Waals surface area contributed by atoms with E-state index in [0.717, 1.165) is 11.6 Å². The van der Waals surface area contributed by atoms with E-state index in [0.29, 0.717) is 11.1 Å². The second kappa shape index (κ2) is 6.89. The van der Waals surface area contributed by atoms with Crippen molar-refractivity contribution in [3.05, 3.63) is 63.2 Å². The summed E-state index contributed by atoms with van der Waals surface area (Å²) in [6.07, 6.45) is 0. The molecule has 0 saturated carbocycles. The number of hydrazone groups is 1. The Morgan fingerprint density at radius 2 is 1.88 bits per heavy atom. The molecule has 2 aromatic carbocycles. The Morgan fingerprint density at radius 3 is 2.52 bits per heavy atom. The van der Waals surface area contributed by atoms with Gasteiger partial charge in [0.05, 0.1) is 15.5 Å². The second-order valence-electron chi connectivity index (χ2n) is 5.52. The topological polar surface area (TPSA) is 122 Å². The summed E-state index contributed by atoms with van der Waals surface area (Å²) in [6, 6.07) is 8.46. The number of nitro benzene ring substituents is 1. The molecular weight excluding hydrogens is 346 g/mol. The van der Waals surface area contributed by atoms with Crippen LogP contribution in [0.5, 0.6) is 5.75 Å². The molecule has 0 radical (unpaired) electrons. The van der Waals surface area contributed by atoms with Gasteiger partial charge in [-0.2, -0.15) is 18.4 Å². The highest BCUT2D eigenvalue weighted by molar-refractivity contribution is 7.89. The van der Waals surface area contributed by atoms with Gasteiger partial charge in [0.15, 0.2) is 0 Å². The molecule has 0 saturated heterocycles. The third kappa shape index (κ3) is 4.13. The normalized spacial score (nSPS) is 12.0. The van der Waals surface area contributed by atoms with Gasteiger partial charge in [0.1, 0.15) is 5.75 Å². The number of phenolic OH excluding ortho intramolecular Hbond substituents is 1. The third-order valence-electron chi connectivity index (χ3n) is 3.56. The van der Waals surface area contributed by atoms with Crippen LogP contribution in [-0.2, 0) is 10.0 Å². The molecule has 0 aromatic heterocycles. The van der Waals surface area contributed by atoms with Crippen molar-refractivity contribution in [2.45, 2.75) is 25.7 Å². The number of hydrogen-bond donors (Lipinski definition) is 2. The number of benzene rings is 2. The fraction of sp³-hybridized carbons (Fsp3) is 0.188. The van der Waals surface area contributed by atoms with Crippen LogP contribution < -0.4 is 4.83 Å². The van der Waals surface area contributed by atoms with Gasteiger partial charge < -0.3 is 5.11 Å². The molecule has 132 valence electrons. The molecule has 2 rings (SSSR count). The number of phenols is 1. The van der Waals surface area contributed by atoms with E-state index >= 15 is 0 Å². The van der Waals surface area contributed by atoms with Gasteiger partial charge in [-0.3, -0.25) is 10.1 Å². The summed E-state index contributed by atoms with van der Waals surface area (Å²) in [5.41, 5.74) is 1.58. The number of hydrogen-bond acceptors (Lipinski definition) is 6. The van der Waals surface area contributed by atoms with Crippen molar-refractivity contribution >= 4 is 21.4 Å².